The van der Waals surface area contributed by atoms with Crippen LogP contribution in [-0.2, 0) is 11.2 Å². The van der Waals surface area contributed by atoms with Crippen molar-refractivity contribution >= 4 is 0 Å². The number of nitrogens with one attached hydrogen (secondary N) is 1. The van der Waals surface area contributed by atoms with Crippen LogP contribution in [0, 0.1) is 0 Å². The van der Waals surface area contributed by atoms with Crippen molar-refractivity contribution in [1.29, 1.82) is 0 Å². The third kappa shape index (κ3) is 5.65. The van der Waals surface area contributed by atoms with Gasteiger partial charge in [-0.15, -0.1) is 0 Å². The van der Waals surface area contributed by atoms with Gasteiger partial charge in [0.15, 0.2) is 0 Å². The van der Waals surface area contributed by atoms with E-state index >= 15 is 0 Å². The molecule has 0 saturated carbocycles. The zero-order valence-electron chi connectivity index (χ0n) is 13.0. The first kappa shape index (κ1) is 16.3. The average molecular weight is 293 g/mol. The van der Waals surface area contributed by atoms with E-state index in [1.54, 1.807) is 0 Å². The van der Waals surface area contributed by atoms with Crippen molar-refractivity contribution < 1.29 is 14.6 Å². The summed E-state index contributed by atoms with van der Waals surface area (Å²) in [5.74, 6) is 0.811. The van der Waals surface area contributed by atoms with Crippen LogP contribution >= 0.6 is 0 Å². The van der Waals surface area contributed by atoms with Crippen LogP contribution in [0.4, 0.5) is 0 Å². The molecule has 2 N–H and O–H groups in total. The zero-order valence-corrected chi connectivity index (χ0v) is 13.0. The van der Waals surface area contributed by atoms with E-state index in [-0.39, 0.29) is 0 Å². The highest BCUT2D eigenvalue weighted by molar-refractivity contribution is 5.27. The monoisotopic (exact) mass is 293 g/mol. The molecular weight excluding hydrogens is 266 g/mol. The summed E-state index contributed by atoms with van der Waals surface area (Å²) in [6, 6.07) is 8.47. The van der Waals surface area contributed by atoms with E-state index in [9.17, 15) is 5.11 Å². The lowest BCUT2D eigenvalue weighted by Crippen LogP contribution is -2.42. The standard InChI is InChI=1S/C17H27NO3/c1-3-14-4-6-17(7-5-14)21-12-16(19)11-18-15-8-9-20-13(2)10-15/h4-7,13,15-16,18-19H,3,8-12H2,1-2H3. The number of benzene rings is 1. The number of aliphatic hydroxyl groups is 1. The molecule has 1 aromatic rings. The third-order valence-electron chi connectivity index (χ3n) is 3.90. The Labute approximate surface area is 127 Å². The lowest BCUT2D eigenvalue weighted by atomic mass is 10.0. The molecule has 0 aliphatic carbocycles. The van der Waals surface area contributed by atoms with E-state index in [0.717, 1.165) is 31.6 Å². The van der Waals surface area contributed by atoms with E-state index in [1.807, 2.05) is 12.1 Å². The van der Waals surface area contributed by atoms with Gasteiger partial charge in [-0.1, -0.05) is 19.1 Å². The Morgan fingerprint density at radius 2 is 2.14 bits per heavy atom. The van der Waals surface area contributed by atoms with Crippen molar-refractivity contribution in [2.45, 2.75) is 51.4 Å². The molecule has 0 bridgehead atoms. The van der Waals surface area contributed by atoms with Gasteiger partial charge < -0.3 is 19.9 Å². The van der Waals surface area contributed by atoms with E-state index in [1.165, 1.54) is 5.56 Å². The van der Waals surface area contributed by atoms with Crippen molar-refractivity contribution in [2.75, 3.05) is 19.8 Å². The van der Waals surface area contributed by atoms with Crippen LogP contribution in [0.2, 0.25) is 0 Å². The smallest absolute Gasteiger partial charge is 0.119 e. The highest BCUT2D eigenvalue weighted by atomic mass is 16.5. The Bertz CT molecular complexity index is 407. The number of rotatable bonds is 7. The molecular formula is C17H27NO3. The Morgan fingerprint density at radius 3 is 2.81 bits per heavy atom. The van der Waals surface area contributed by atoms with Crippen LogP contribution in [0.3, 0.4) is 0 Å². The van der Waals surface area contributed by atoms with Crippen molar-refractivity contribution in [1.82, 2.24) is 5.32 Å². The van der Waals surface area contributed by atoms with E-state index in [0.29, 0.717) is 25.3 Å². The molecule has 1 fully saturated rings. The summed E-state index contributed by atoms with van der Waals surface area (Å²) in [6.45, 7) is 5.90. The molecule has 2 rings (SSSR count). The minimum atomic E-state index is -0.492. The van der Waals surface area contributed by atoms with Crippen LogP contribution in [0.15, 0.2) is 24.3 Å². The lowest BCUT2D eigenvalue weighted by molar-refractivity contribution is 0.00966. The van der Waals surface area contributed by atoms with Gasteiger partial charge in [0.1, 0.15) is 18.5 Å². The first-order chi connectivity index (χ1) is 10.2. The fourth-order valence-electron chi connectivity index (χ4n) is 2.56. The van der Waals surface area contributed by atoms with Crippen molar-refractivity contribution in [3.63, 3.8) is 0 Å². The second-order valence-electron chi connectivity index (χ2n) is 5.77. The SMILES string of the molecule is CCc1ccc(OCC(O)CNC2CCOC(C)C2)cc1. The first-order valence-electron chi connectivity index (χ1n) is 7.92. The van der Waals surface area contributed by atoms with Gasteiger partial charge in [-0.3, -0.25) is 0 Å². The number of ether oxygens (including phenoxy) is 2. The molecule has 21 heavy (non-hydrogen) atoms. The van der Waals surface area contributed by atoms with Gasteiger partial charge in [0, 0.05) is 19.2 Å². The molecule has 4 nitrogen and oxygen atoms in total. The number of hydrogen-bond donors (Lipinski definition) is 2. The predicted molar refractivity (Wildman–Crippen MR) is 83.8 cm³/mol. The average Bonchev–Trinajstić information content (AvgIpc) is 2.51. The molecule has 1 aromatic carbocycles. The van der Waals surface area contributed by atoms with Crippen molar-refractivity contribution in [3.8, 4) is 5.75 Å². The van der Waals surface area contributed by atoms with E-state index < -0.39 is 6.10 Å². The number of aliphatic hydroxyl groups excluding tert-OH is 1. The molecule has 4 heteroatoms. The van der Waals surface area contributed by atoms with Gasteiger partial charge in [0.25, 0.3) is 0 Å². The highest BCUT2D eigenvalue weighted by Crippen LogP contribution is 2.14. The highest BCUT2D eigenvalue weighted by Gasteiger charge is 2.19. The zero-order chi connectivity index (χ0) is 15.1. The Balaban J connectivity index is 1.65. The number of aryl methyl sites for hydroxylation is 1. The minimum absolute atomic E-state index is 0.307. The molecule has 0 amide bonds. The van der Waals surface area contributed by atoms with Crippen LogP contribution in [0.25, 0.3) is 0 Å². The van der Waals surface area contributed by atoms with Gasteiger partial charge in [-0.05, 0) is 43.9 Å². The van der Waals surface area contributed by atoms with Crippen LogP contribution in [-0.4, -0.2) is 43.1 Å². The van der Waals surface area contributed by atoms with Crippen LogP contribution in [0.5, 0.6) is 5.75 Å². The Morgan fingerprint density at radius 1 is 1.38 bits per heavy atom. The fraction of sp³-hybridized carbons (Fsp3) is 0.647. The molecule has 0 spiro atoms. The molecule has 118 valence electrons. The third-order valence-corrected chi connectivity index (χ3v) is 3.90. The number of hydrogen-bond acceptors (Lipinski definition) is 4. The topological polar surface area (TPSA) is 50.7 Å². The molecule has 1 aliphatic rings. The molecule has 3 unspecified atom stereocenters. The van der Waals surface area contributed by atoms with E-state index in [4.69, 9.17) is 9.47 Å². The van der Waals surface area contributed by atoms with Crippen LogP contribution < -0.4 is 10.1 Å². The summed E-state index contributed by atoms with van der Waals surface area (Å²) in [5.41, 5.74) is 1.29. The summed E-state index contributed by atoms with van der Waals surface area (Å²) < 4.78 is 11.1. The van der Waals surface area contributed by atoms with Gasteiger partial charge in [-0.25, -0.2) is 0 Å². The van der Waals surface area contributed by atoms with Crippen molar-refractivity contribution in [3.05, 3.63) is 29.8 Å². The maximum Gasteiger partial charge on any atom is 0.119 e. The molecule has 3 atom stereocenters. The second kappa shape index (κ2) is 8.37. The Kier molecular flexibility index (Phi) is 6.49. The maximum atomic E-state index is 9.99. The molecule has 1 heterocycles. The summed E-state index contributed by atoms with van der Waals surface area (Å²) in [5, 5.41) is 13.4. The van der Waals surface area contributed by atoms with Crippen molar-refractivity contribution in [2.24, 2.45) is 0 Å². The first-order valence-corrected chi connectivity index (χ1v) is 7.92. The minimum Gasteiger partial charge on any atom is -0.491 e. The van der Waals surface area contributed by atoms with Crippen LogP contribution in [0.1, 0.15) is 32.3 Å². The predicted octanol–water partition coefficient (Wildman–Crippen LogP) is 2.15. The van der Waals surface area contributed by atoms with E-state index in [2.05, 4.69) is 31.3 Å². The normalized spacial score (nSPS) is 23.8. The maximum absolute atomic E-state index is 9.99. The van der Waals surface area contributed by atoms with Gasteiger partial charge in [-0.2, -0.15) is 0 Å². The summed E-state index contributed by atoms with van der Waals surface area (Å²) in [4.78, 5) is 0. The molecule has 1 saturated heterocycles. The fourth-order valence-corrected chi connectivity index (χ4v) is 2.56. The Hall–Kier alpha value is -1.10. The summed E-state index contributed by atoms with van der Waals surface area (Å²) in [6.07, 6.45) is 2.86. The molecule has 0 aromatic heterocycles. The second-order valence-corrected chi connectivity index (χ2v) is 5.77. The molecule has 1 aliphatic heterocycles. The quantitative estimate of drug-likeness (QED) is 0.809. The van der Waals surface area contributed by atoms with Gasteiger partial charge >= 0.3 is 0 Å². The largest absolute Gasteiger partial charge is 0.491 e. The summed E-state index contributed by atoms with van der Waals surface area (Å²) in [7, 11) is 0. The lowest BCUT2D eigenvalue weighted by Gasteiger charge is -2.28. The van der Waals surface area contributed by atoms with Gasteiger partial charge in [0.2, 0.25) is 0 Å². The molecule has 0 radical (unpaired) electrons. The van der Waals surface area contributed by atoms with Gasteiger partial charge in [0.05, 0.1) is 6.10 Å². The summed E-state index contributed by atoms with van der Waals surface area (Å²) >= 11 is 0.